The number of rotatable bonds is 7. The topological polar surface area (TPSA) is 101 Å². The molecule has 10 heteroatoms. The molecule has 186 valence electrons. The van der Waals surface area contributed by atoms with Crippen LogP contribution in [0.3, 0.4) is 0 Å². The molecule has 9 nitrogen and oxygen atoms in total. The van der Waals surface area contributed by atoms with E-state index in [1.54, 1.807) is 17.1 Å². The number of aromatic nitrogens is 7. The van der Waals surface area contributed by atoms with Crippen molar-refractivity contribution < 1.29 is 9.13 Å². The molecule has 0 fully saturated rings. The molecule has 37 heavy (non-hydrogen) atoms. The number of halogens is 1. The number of benzene rings is 2. The summed E-state index contributed by atoms with van der Waals surface area (Å²) in [5, 5.41) is 12.7. The fourth-order valence-corrected chi connectivity index (χ4v) is 4.33. The Balaban J connectivity index is 1.40. The summed E-state index contributed by atoms with van der Waals surface area (Å²) in [6, 6.07) is 12.5. The highest BCUT2D eigenvalue weighted by molar-refractivity contribution is 5.97. The number of aromatic amines is 2. The van der Waals surface area contributed by atoms with Crippen LogP contribution in [0.15, 0.2) is 61.1 Å². The van der Waals surface area contributed by atoms with Gasteiger partial charge in [-0.2, -0.15) is 10.2 Å². The SMILES string of the molecule is CN(C)CCOc1cc(F)cc(-c2cccc3[nH]c(-c4n[nH]c5cnc(-c6cnn(C)c6)cc45)nc23)c1. The Morgan fingerprint density at radius 2 is 1.95 bits per heavy atom. The van der Waals surface area contributed by atoms with Crippen LogP contribution in [0.5, 0.6) is 5.75 Å². The third-order valence-electron chi connectivity index (χ3n) is 6.17. The number of nitrogens with one attached hydrogen (secondary N) is 2. The van der Waals surface area contributed by atoms with E-state index in [0.717, 1.165) is 45.3 Å². The van der Waals surface area contributed by atoms with Crippen LogP contribution in [0.1, 0.15) is 0 Å². The van der Waals surface area contributed by atoms with Crippen LogP contribution in [0, 0.1) is 5.82 Å². The molecular weight excluding hydrogens is 471 g/mol. The van der Waals surface area contributed by atoms with E-state index in [-0.39, 0.29) is 5.82 Å². The summed E-state index contributed by atoms with van der Waals surface area (Å²) in [6.07, 6.45) is 5.45. The Kier molecular flexibility index (Phi) is 5.65. The van der Waals surface area contributed by atoms with Crippen molar-refractivity contribution in [1.82, 2.24) is 39.8 Å². The Bertz CT molecular complexity index is 1730. The monoisotopic (exact) mass is 496 g/mol. The van der Waals surface area contributed by atoms with E-state index in [9.17, 15) is 4.39 Å². The third kappa shape index (κ3) is 4.43. The molecule has 0 atom stereocenters. The van der Waals surface area contributed by atoms with E-state index in [1.165, 1.54) is 12.1 Å². The van der Waals surface area contributed by atoms with Gasteiger partial charge in [0.15, 0.2) is 5.82 Å². The number of imidazole rings is 1. The van der Waals surface area contributed by atoms with E-state index >= 15 is 0 Å². The molecule has 0 aliphatic rings. The van der Waals surface area contributed by atoms with Crippen LogP contribution in [-0.4, -0.2) is 67.1 Å². The first-order valence-corrected chi connectivity index (χ1v) is 11.9. The lowest BCUT2D eigenvalue weighted by molar-refractivity contribution is 0.260. The predicted molar refractivity (Wildman–Crippen MR) is 141 cm³/mol. The van der Waals surface area contributed by atoms with Gasteiger partial charge < -0.3 is 14.6 Å². The quantitative estimate of drug-likeness (QED) is 0.334. The number of hydrogen-bond donors (Lipinski definition) is 2. The van der Waals surface area contributed by atoms with Gasteiger partial charge >= 0.3 is 0 Å². The highest BCUT2D eigenvalue weighted by atomic mass is 19.1. The molecule has 0 unspecified atom stereocenters. The first kappa shape index (κ1) is 22.9. The molecule has 0 saturated heterocycles. The molecule has 0 aliphatic heterocycles. The zero-order valence-corrected chi connectivity index (χ0v) is 20.7. The van der Waals surface area contributed by atoms with Crippen LogP contribution >= 0.6 is 0 Å². The van der Waals surface area contributed by atoms with Gasteiger partial charge in [0.05, 0.1) is 34.6 Å². The van der Waals surface area contributed by atoms with E-state index < -0.39 is 0 Å². The van der Waals surface area contributed by atoms with Crippen molar-refractivity contribution in [2.45, 2.75) is 0 Å². The number of nitrogens with zero attached hydrogens (tertiary/aromatic N) is 6. The minimum absolute atomic E-state index is 0.362. The summed E-state index contributed by atoms with van der Waals surface area (Å²) in [5.74, 6) is 0.730. The van der Waals surface area contributed by atoms with Crippen molar-refractivity contribution >= 4 is 21.9 Å². The Hall–Kier alpha value is -4.57. The van der Waals surface area contributed by atoms with Gasteiger partial charge in [0.25, 0.3) is 0 Å². The molecule has 4 heterocycles. The molecule has 0 saturated carbocycles. The maximum Gasteiger partial charge on any atom is 0.159 e. The van der Waals surface area contributed by atoms with E-state index in [1.807, 2.05) is 62.6 Å². The summed E-state index contributed by atoms with van der Waals surface area (Å²) >= 11 is 0. The number of para-hydroxylation sites is 1. The minimum Gasteiger partial charge on any atom is -0.492 e. The molecule has 2 N–H and O–H groups in total. The van der Waals surface area contributed by atoms with Gasteiger partial charge in [-0.25, -0.2) is 9.37 Å². The van der Waals surface area contributed by atoms with E-state index in [0.29, 0.717) is 29.4 Å². The normalized spacial score (nSPS) is 11.7. The minimum atomic E-state index is -0.362. The van der Waals surface area contributed by atoms with Crippen molar-refractivity contribution in [2.24, 2.45) is 7.05 Å². The van der Waals surface area contributed by atoms with Gasteiger partial charge in [0.1, 0.15) is 23.9 Å². The first-order chi connectivity index (χ1) is 17.9. The van der Waals surface area contributed by atoms with Gasteiger partial charge in [0.2, 0.25) is 0 Å². The third-order valence-corrected chi connectivity index (χ3v) is 6.17. The average molecular weight is 497 g/mol. The molecule has 2 aromatic carbocycles. The van der Waals surface area contributed by atoms with Crippen LogP contribution in [0.2, 0.25) is 0 Å². The summed E-state index contributed by atoms with van der Waals surface area (Å²) in [5.41, 5.74) is 6.22. The van der Waals surface area contributed by atoms with Crippen LogP contribution in [0.25, 0.3) is 55.8 Å². The fourth-order valence-electron chi connectivity index (χ4n) is 4.33. The summed E-state index contributed by atoms with van der Waals surface area (Å²) in [6.45, 7) is 1.20. The number of ether oxygens (including phenoxy) is 1. The van der Waals surface area contributed by atoms with Crippen LogP contribution in [-0.2, 0) is 7.05 Å². The second kappa shape index (κ2) is 9.14. The maximum atomic E-state index is 14.5. The van der Waals surface area contributed by atoms with Crippen molar-refractivity contribution in [1.29, 1.82) is 0 Å². The Labute approximate surface area is 211 Å². The number of fused-ring (bicyclic) bond motifs is 2. The zero-order valence-electron chi connectivity index (χ0n) is 20.7. The number of pyridine rings is 1. The van der Waals surface area contributed by atoms with Crippen molar-refractivity contribution in [3.63, 3.8) is 0 Å². The smallest absolute Gasteiger partial charge is 0.159 e. The molecule has 0 aliphatic carbocycles. The van der Waals surface area contributed by atoms with Crippen molar-refractivity contribution in [2.75, 3.05) is 27.2 Å². The van der Waals surface area contributed by atoms with Gasteiger partial charge in [-0.15, -0.1) is 0 Å². The number of hydrogen-bond acceptors (Lipinski definition) is 6. The largest absolute Gasteiger partial charge is 0.492 e. The van der Waals surface area contributed by atoms with Gasteiger partial charge in [-0.05, 0) is 43.9 Å². The molecule has 6 rings (SSSR count). The second-order valence-electron chi connectivity index (χ2n) is 9.20. The lowest BCUT2D eigenvalue weighted by atomic mass is 10.0. The van der Waals surface area contributed by atoms with E-state index in [4.69, 9.17) is 9.72 Å². The molecule has 0 radical (unpaired) electrons. The maximum absolute atomic E-state index is 14.5. The molecule has 0 spiro atoms. The lowest BCUT2D eigenvalue weighted by Gasteiger charge is -2.12. The van der Waals surface area contributed by atoms with Gasteiger partial charge in [-0.1, -0.05) is 12.1 Å². The zero-order chi connectivity index (χ0) is 25.5. The average Bonchev–Trinajstić information content (AvgIpc) is 3.60. The summed E-state index contributed by atoms with van der Waals surface area (Å²) in [7, 11) is 5.80. The summed E-state index contributed by atoms with van der Waals surface area (Å²) in [4.78, 5) is 14.8. The van der Waals surface area contributed by atoms with Gasteiger partial charge in [0, 0.05) is 42.4 Å². The molecular formula is C27H25FN8O. The first-order valence-electron chi connectivity index (χ1n) is 11.9. The highest BCUT2D eigenvalue weighted by Crippen LogP contribution is 2.34. The Morgan fingerprint density at radius 3 is 2.76 bits per heavy atom. The fraction of sp³-hybridized carbons (Fsp3) is 0.185. The van der Waals surface area contributed by atoms with Crippen molar-refractivity contribution in [3.8, 4) is 39.7 Å². The lowest BCUT2D eigenvalue weighted by Crippen LogP contribution is -2.19. The molecule has 6 aromatic rings. The van der Waals surface area contributed by atoms with Crippen LogP contribution in [0.4, 0.5) is 4.39 Å². The second-order valence-corrected chi connectivity index (χ2v) is 9.20. The molecule has 0 bridgehead atoms. The van der Waals surface area contributed by atoms with Crippen molar-refractivity contribution in [3.05, 3.63) is 66.9 Å². The highest BCUT2D eigenvalue weighted by Gasteiger charge is 2.17. The molecule has 0 amide bonds. The molecule has 4 aromatic heterocycles. The van der Waals surface area contributed by atoms with Crippen LogP contribution < -0.4 is 4.74 Å². The number of likely N-dealkylation sites (N-methyl/N-ethyl adjacent to an activating group) is 1. The number of H-pyrrole nitrogens is 2. The van der Waals surface area contributed by atoms with Gasteiger partial charge in [-0.3, -0.25) is 14.8 Å². The summed E-state index contributed by atoms with van der Waals surface area (Å²) < 4.78 is 22.1. The predicted octanol–water partition coefficient (Wildman–Crippen LogP) is 4.65. The van der Waals surface area contributed by atoms with E-state index in [2.05, 4.69) is 25.3 Å². The standard InChI is InChI=1S/C27H25FN8O/c1-35(2)7-8-37-19-10-16(9-18(28)11-19)20-5-4-6-22-25(20)32-27(31-22)26-21-12-23(17-13-30-36(3)15-17)29-14-24(21)33-34-26/h4-6,9-15H,7-8H2,1-3H3,(H,31,32)(H,33,34). The number of aryl methyl sites for hydroxylation is 1. The Morgan fingerprint density at radius 1 is 1.05 bits per heavy atom.